The molecule has 3 aromatic rings. The summed E-state index contributed by atoms with van der Waals surface area (Å²) in [7, 11) is 0. The Balaban J connectivity index is 1.66. The van der Waals surface area contributed by atoms with E-state index >= 15 is 0 Å². The van der Waals surface area contributed by atoms with Crippen LogP contribution in [0.2, 0.25) is 5.02 Å². The van der Waals surface area contributed by atoms with Crippen molar-refractivity contribution in [1.29, 1.82) is 0 Å². The lowest BCUT2D eigenvalue weighted by molar-refractivity contribution is -0.115. The summed E-state index contributed by atoms with van der Waals surface area (Å²) in [5, 5.41) is 10.9. The second kappa shape index (κ2) is 7.88. The number of nitrogens with zero attached hydrogens (tertiary/aromatic N) is 3. The van der Waals surface area contributed by atoms with Crippen LogP contribution in [0.25, 0.3) is 5.65 Å². The second-order valence-corrected chi connectivity index (χ2v) is 6.90. The maximum absolute atomic E-state index is 12.4. The van der Waals surface area contributed by atoms with Crippen LogP contribution in [-0.4, -0.2) is 32.4 Å². The van der Waals surface area contributed by atoms with Crippen LogP contribution >= 0.6 is 23.4 Å². The molecule has 2 aromatic heterocycles. The van der Waals surface area contributed by atoms with Gasteiger partial charge in [0.25, 0.3) is 0 Å². The van der Waals surface area contributed by atoms with Crippen LogP contribution in [0.3, 0.4) is 0 Å². The van der Waals surface area contributed by atoms with E-state index in [1.165, 1.54) is 30.0 Å². The molecule has 0 spiro atoms. The van der Waals surface area contributed by atoms with Crippen molar-refractivity contribution in [2.75, 3.05) is 5.32 Å². The van der Waals surface area contributed by atoms with Crippen LogP contribution < -0.4 is 10.1 Å². The molecule has 0 saturated heterocycles. The first-order valence-electron chi connectivity index (χ1n) is 7.45. The quantitative estimate of drug-likeness (QED) is 0.633. The summed E-state index contributed by atoms with van der Waals surface area (Å²) in [5.41, 5.74) is 1.06. The van der Waals surface area contributed by atoms with Gasteiger partial charge >= 0.3 is 6.61 Å². The molecule has 0 aliphatic heterocycles. The number of thioether (sulfide) groups is 1. The number of rotatable bonds is 6. The van der Waals surface area contributed by atoms with Crippen LogP contribution in [0.4, 0.5) is 14.5 Å². The van der Waals surface area contributed by atoms with E-state index in [4.69, 9.17) is 11.6 Å². The van der Waals surface area contributed by atoms with E-state index in [1.807, 2.05) is 24.4 Å². The van der Waals surface area contributed by atoms with E-state index in [9.17, 15) is 13.6 Å². The monoisotopic (exact) mass is 398 g/mol. The number of hydrogen-bond acceptors (Lipinski definition) is 5. The number of aromatic nitrogens is 3. The van der Waals surface area contributed by atoms with Gasteiger partial charge in [-0.15, -0.1) is 10.2 Å². The Labute approximate surface area is 156 Å². The zero-order valence-electron chi connectivity index (χ0n) is 13.4. The minimum Gasteiger partial charge on any atom is -0.433 e. The minimum absolute atomic E-state index is 0.0214. The first-order chi connectivity index (χ1) is 12.4. The molecule has 0 saturated carbocycles. The lowest BCUT2D eigenvalue weighted by atomic mass is 10.3. The number of nitrogens with one attached hydrogen (secondary N) is 1. The van der Waals surface area contributed by atoms with Gasteiger partial charge in [-0.25, -0.2) is 0 Å². The van der Waals surface area contributed by atoms with Crippen molar-refractivity contribution in [2.45, 2.75) is 23.9 Å². The number of halogens is 3. The molecule has 0 bridgehead atoms. The Morgan fingerprint density at radius 1 is 1.31 bits per heavy atom. The summed E-state index contributed by atoms with van der Waals surface area (Å²) in [6.07, 6.45) is 1.81. The first kappa shape index (κ1) is 18.4. The summed E-state index contributed by atoms with van der Waals surface area (Å²) in [5.74, 6) is -0.446. The molecule has 1 atom stereocenters. The Kier molecular flexibility index (Phi) is 5.58. The summed E-state index contributed by atoms with van der Waals surface area (Å²) in [4.78, 5) is 12.4. The van der Waals surface area contributed by atoms with E-state index < -0.39 is 11.9 Å². The zero-order valence-corrected chi connectivity index (χ0v) is 15.0. The molecule has 3 rings (SSSR count). The minimum atomic E-state index is -2.97. The first-order valence-corrected chi connectivity index (χ1v) is 8.71. The van der Waals surface area contributed by atoms with Crippen molar-refractivity contribution in [3.63, 3.8) is 0 Å². The van der Waals surface area contributed by atoms with Gasteiger partial charge < -0.3 is 10.1 Å². The molecule has 2 heterocycles. The Bertz CT molecular complexity index is 938. The number of amides is 1. The second-order valence-electron chi connectivity index (χ2n) is 5.18. The molecule has 1 amide bonds. The molecule has 10 heteroatoms. The highest BCUT2D eigenvalue weighted by molar-refractivity contribution is 8.00. The third-order valence-corrected chi connectivity index (χ3v) is 4.70. The van der Waals surface area contributed by atoms with E-state index in [-0.39, 0.29) is 16.7 Å². The Morgan fingerprint density at radius 3 is 2.85 bits per heavy atom. The van der Waals surface area contributed by atoms with Crippen LogP contribution in [-0.2, 0) is 4.79 Å². The van der Waals surface area contributed by atoms with Gasteiger partial charge in [0, 0.05) is 11.9 Å². The van der Waals surface area contributed by atoms with E-state index in [0.717, 1.165) is 0 Å². The van der Waals surface area contributed by atoms with Crippen LogP contribution in [0.5, 0.6) is 5.75 Å². The third kappa shape index (κ3) is 4.23. The smallest absolute Gasteiger partial charge is 0.387 e. The predicted molar refractivity (Wildman–Crippen MR) is 95.0 cm³/mol. The number of carbonyl (C=O) groups excluding carboxylic acids is 1. The van der Waals surface area contributed by atoms with Gasteiger partial charge in [0.15, 0.2) is 10.8 Å². The average molecular weight is 399 g/mol. The highest BCUT2D eigenvalue weighted by Crippen LogP contribution is 2.29. The number of carbonyl (C=O) groups is 1. The van der Waals surface area contributed by atoms with Crippen molar-refractivity contribution in [1.82, 2.24) is 14.6 Å². The SMILES string of the molecule is C[C@@H](Sc1nnc2ccccn12)C(=O)Nc1ccc(OC(F)F)c(Cl)c1. The van der Waals surface area contributed by atoms with Gasteiger partial charge in [-0.2, -0.15) is 8.78 Å². The number of pyridine rings is 1. The topological polar surface area (TPSA) is 68.5 Å². The number of benzene rings is 1. The fourth-order valence-electron chi connectivity index (χ4n) is 2.13. The van der Waals surface area contributed by atoms with Gasteiger partial charge in [0.05, 0.1) is 10.3 Å². The summed E-state index contributed by atoms with van der Waals surface area (Å²) in [6, 6.07) is 9.56. The average Bonchev–Trinajstić information content (AvgIpc) is 3.00. The number of hydrogen-bond donors (Lipinski definition) is 1. The van der Waals surface area contributed by atoms with Crippen molar-refractivity contribution in [3.8, 4) is 5.75 Å². The van der Waals surface area contributed by atoms with Gasteiger partial charge in [-0.1, -0.05) is 29.4 Å². The lowest BCUT2D eigenvalue weighted by Gasteiger charge is -2.12. The fourth-order valence-corrected chi connectivity index (χ4v) is 3.19. The van der Waals surface area contributed by atoms with Gasteiger partial charge in [0.2, 0.25) is 5.91 Å². The van der Waals surface area contributed by atoms with E-state index in [1.54, 1.807) is 11.3 Å². The number of fused-ring (bicyclic) bond motifs is 1. The highest BCUT2D eigenvalue weighted by Gasteiger charge is 2.18. The van der Waals surface area contributed by atoms with E-state index in [0.29, 0.717) is 16.5 Å². The Morgan fingerprint density at radius 2 is 2.12 bits per heavy atom. The summed E-state index contributed by atoms with van der Waals surface area (Å²) >= 11 is 7.12. The molecule has 0 unspecified atom stereocenters. The van der Waals surface area contributed by atoms with Gasteiger partial charge in [-0.3, -0.25) is 9.20 Å². The summed E-state index contributed by atoms with van der Waals surface area (Å²) in [6.45, 7) is -1.25. The van der Waals surface area contributed by atoms with Gasteiger partial charge in [0.1, 0.15) is 5.75 Å². The van der Waals surface area contributed by atoms with Crippen molar-refractivity contribution in [3.05, 3.63) is 47.6 Å². The molecule has 1 aromatic carbocycles. The molecule has 136 valence electrons. The fraction of sp³-hybridized carbons (Fsp3) is 0.188. The van der Waals surface area contributed by atoms with Crippen LogP contribution in [0.1, 0.15) is 6.92 Å². The van der Waals surface area contributed by atoms with Gasteiger partial charge in [-0.05, 0) is 37.3 Å². The summed E-state index contributed by atoms with van der Waals surface area (Å²) < 4.78 is 30.5. The number of alkyl halides is 2. The number of ether oxygens (including phenoxy) is 1. The van der Waals surface area contributed by atoms with Crippen LogP contribution in [0, 0.1) is 0 Å². The van der Waals surface area contributed by atoms with Crippen molar-refractivity contribution >= 4 is 40.6 Å². The molecule has 0 aliphatic carbocycles. The maximum Gasteiger partial charge on any atom is 0.387 e. The molecule has 0 radical (unpaired) electrons. The molecule has 0 fully saturated rings. The molecule has 26 heavy (non-hydrogen) atoms. The molecular formula is C16H13ClF2N4O2S. The normalized spacial score (nSPS) is 12.3. The largest absolute Gasteiger partial charge is 0.433 e. The number of anilines is 1. The Hall–Kier alpha value is -2.39. The zero-order chi connectivity index (χ0) is 18.7. The molecule has 0 aliphatic rings. The lowest BCUT2D eigenvalue weighted by Crippen LogP contribution is -2.22. The van der Waals surface area contributed by atoms with Crippen LogP contribution in [0.15, 0.2) is 47.8 Å². The highest BCUT2D eigenvalue weighted by atomic mass is 35.5. The molecule has 1 N–H and O–H groups in total. The third-order valence-electron chi connectivity index (χ3n) is 3.35. The van der Waals surface area contributed by atoms with Crippen molar-refractivity contribution in [2.24, 2.45) is 0 Å². The predicted octanol–water partition coefficient (Wildman–Crippen LogP) is 4.10. The standard InChI is InChI=1S/C16H13ClF2N4O2S/c1-9(26-16-22-21-13-4-2-3-7-23(13)16)14(24)20-10-5-6-12(11(17)8-10)25-15(18)19/h2-9,15H,1H3,(H,20,24)/t9-/m1/s1. The molecular weight excluding hydrogens is 386 g/mol. The maximum atomic E-state index is 12.4. The van der Waals surface area contributed by atoms with E-state index in [2.05, 4.69) is 20.3 Å². The van der Waals surface area contributed by atoms with Crippen molar-refractivity contribution < 1.29 is 18.3 Å². The molecule has 6 nitrogen and oxygen atoms in total.